The second-order valence-electron chi connectivity index (χ2n) is 8.32. The Morgan fingerprint density at radius 2 is 2.09 bits per heavy atom. The SMILES string of the molecule is C=C(CC)Nc1cncc(-c2cc3c(-c4nc5c(C6=CCC=C6)cccc5[nH]4)n[nH]c3cn2)c1. The molecular formula is C27H23N7. The molecule has 1 aliphatic carbocycles. The molecule has 4 heterocycles. The van der Waals surface area contributed by atoms with Crippen molar-refractivity contribution in [1.29, 1.82) is 0 Å². The van der Waals surface area contributed by atoms with Crippen molar-refractivity contribution in [2.45, 2.75) is 19.8 Å². The predicted octanol–water partition coefficient (Wildman–Crippen LogP) is 6.24. The first-order chi connectivity index (χ1) is 16.7. The lowest BCUT2D eigenvalue weighted by atomic mass is 10.1. The molecule has 0 spiro atoms. The zero-order valence-corrected chi connectivity index (χ0v) is 18.8. The maximum atomic E-state index is 4.94. The van der Waals surface area contributed by atoms with Crippen LogP contribution in [0.1, 0.15) is 25.3 Å². The van der Waals surface area contributed by atoms with Crippen molar-refractivity contribution in [3.05, 3.63) is 85.0 Å². The number of anilines is 1. The van der Waals surface area contributed by atoms with Crippen LogP contribution in [-0.2, 0) is 0 Å². The second kappa shape index (κ2) is 8.12. The van der Waals surface area contributed by atoms with E-state index in [2.05, 4.69) is 74.3 Å². The lowest BCUT2D eigenvalue weighted by Gasteiger charge is -2.08. The molecule has 1 aromatic carbocycles. The van der Waals surface area contributed by atoms with E-state index in [1.54, 1.807) is 12.4 Å². The Kier molecular flexibility index (Phi) is 4.80. The number of hydrogen-bond acceptors (Lipinski definition) is 5. The molecule has 0 atom stereocenters. The van der Waals surface area contributed by atoms with Crippen LogP contribution in [0.3, 0.4) is 0 Å². The molecule has 0 saturated heterocycles. The fourth-order valence-corrected chi connectivity index (χ4v) is 4.23. The maximum absolute atomic E-state index is 4.94. The van der Waals surface area contributed by atoms with Gasteiger partial charge in [0.1, 0.15) is 5.69 Å². The maximum Gasteiger partial charge on any atom is 0.159 e. The number of pyridine rings is 2. The van der Waals surface area contributed by atoms with Crippen LogP contribution in [0.4, 0.5) is 5.69 Å². The molecule has 5 aromatic rings. The molecule has 1 aliphatic rings. The third-order valence-electron chi connectivity index (χ3n) is 6.05. The van der Waals surface area contributed by atoms with Crippen molar-refractivity contribution in [2.24, 2.45) is 0 Å². The highest BCUT2D eigenvalue weighted by molar-refractivity contribution is 5.97. The Labute approximate surface area is 196 Å². The van der Waals surface area contributed by atoms with E-state index in [1.807, 2.05) is 24.4 Å². The number of aromatic amines is 2. The van der Waals surface area contributed by atoms with Gasteiger partial charge >= 0.3 is 0 Å². The number of aromatic nitrogens is 6. The summed E-state index contributed by atoms with van der Waals surface area (Å²) in [7, 11) is 0. The quantitative estimate of drug-likeness (QED) is 0.287. The Bertz CT molecular complexity index is 1620. The number of H-pyrrole nitrogens is 2. The molecule has 6 rings (SSSR count). The summed E-state index contributed by atoms with van der Waals surface area (Å²) in [6.45, 7) is 6.08. The van der Waals surface area contributed by atoms with Crippen LogP contribution in [-0.4, -0.2) is 30.1 Å². The zero-order chi connectivity index (χ0) is 23.1. The van der Waals surface area contributed by atoms with Crippen molar-refractivity contribution >= 4 is 33.2 Å². The topological polar surface area (TPSA) is 95.2 Å². The van der Waals surface area contributed by atoms with Gasteiger partial charge in [0.2, 0.25) is 0 Å². The number of allylic oxidation sites excluding steroid dienone is 5. The van der Waals surface area contributed by atoms with E-state index in [0.717, 1.165) is 74.5 Å². The molecule has 0 fully saturated rings. The molecular weight excluding hydrogens is 422 g/mol. The summed E-state index contributed by atoms with van der Waals surface area (Å²) in [5.74, 6) is 0.723. The van der Waals surface area contributed by atoms with Gasteiger partial charge in [-0.05, 0) is 36.6 Å². The van der Waals surface area contributed by atoms with E-state index < -0.39 is 0 Å². The number of fused-ring (bicyclic) bond motifs is 2. The number of nitrogens with zero attached hydrogens (tertiary/aromatic N) is 4. The van der Waals surface area contributed by atoms with Crippen LogP contribution in [0.15, 0.2) is 79.4 Å². The van der Waals surface area contributed by atoms with E-state index in [1.165, 1.54) is 5.57 Å². The normalized spacial score (nSPS) is 13.0. The van der Waals surface area contributed by atoms with Crippen molar-refractivity contribution < 1.29 is 0 Å². The third kappa shape index (κ3) is 3.47. The van der Waals surface area contributed by atoms with Gasteiger partial charge in [0.05, 0.1) is 40.3 Å². The van der Waals surface area contributed by atoms with Gasteiger partial charge in [0, 0.05) is 28.4 Å². The molecule has 7 heteroatoms. The van der Waals surface area contributed by atoms with Crippen molar-refractivity contribution in [1.82, 2.24) is 30.1 Å². The van der Waals surface area contributed by atoms with Crippen molar-refractivity contribution in [2.75, 3.05) is 5.32 Å². The summed E-state index contributed by atoms with van der Waals surface area (Å²) < 4.78 is 0. The fourth-order valence-electron chi connectivity index (χ4n) is 4.23. The molecule has 7 nitrogen and oxygen atoms in total. The smallest absolute Gasteiger partial charge is 0.159 e. The number of nitrogens with one attached hydrogen (secondary N) is 3. The monoisotopic (exact) mass is 445 g/mol. The number of rotatable bonds is 6. The summed E-state index contributed by atoms with van der Waals surface area (Å²) in [5.41, 5.74) is 9.42. The minimum Gasteiger partial charge on any atom is -0.358 e. The minimum absolute atomic E-state index is 0.723. The Balaban J connectivity index is 1.43. The van der Waals surface area contributed by atoms with E-state index in [9.17, 15) is 0 Å². The van der Waals surface area contributed by atoms with Gasteiger partial charge in [-0.2, -0.15) is 5.10 Å². The van der Waals surface area contributed by atoms with Gasteiger partial charge in [-0.15, -0.1) is 0 Å². The molecule has 0 radical (unpaired) electrons. The Morgan fingerprint density at radius 3 is 2.94 bits per heavy atom. The van der Waals surface area contributed by atoms with Crippen LogP contribution in [0.2, 0.25) is 0 Å². The summed E-state index contributed by atoms with van der Waals surface area (Å²) in [5, 5.41) is 11.9. The van der Waals surface area contributed by atoms with Crippen LogP contribution in [0.25, 0.3) is 50.3 Å². The van der Waals surface area contributed by atoms with Gasteiger partial charge < -0.3 is 10.3 Å². The molecule has 0 saturated carbocycles. The average Bonchev–Trinajstić information content (AvgIpc) is 3.62. The molecule has 0 bridgehead atoms. The molecule has 0 unspecified atom stereocenters. The summed E-state index contributed by atoms with van der Waals surface area (Å²) in [6, 6.07) is 10.3. The van der Waals surface area contributed by atoms with Gasteiger partial charge in [0.15, 0.2) is 5.82 Å². The molecule has 166 valence electrons. The summed E-state index contributed by atoms with van der Waals surface area (Å²) in [6.07, 6.45) is 13.7. The van der Waals surface area contributed by atoms with Crippen LogP contribution >= 0.6 is 0 Å². The molecule has 3 N–H and O–H groups in total. The van der Waals surface area contributed by atoms with Crippen LogP contribution < -0.4 is 5.32 Å². The first kappa shape index (κ1) is 20.1. The average molecular weight is 446 g/mol. The van der Waals surface area contributed by atoms with E-state index in [4.69, 9.17) is 4.98 Å². The molecule has 0 aliphatic heterocycles. The lowest BCUT2D eigenvalue weighted by Crippen LogP contribution is -1.97. The van der Waals surface area contributed by atoms with Crippen molar-refractivity contribution in [3.63, 3.8) is 0 Å². The van der Waals surface area contributed by atoms with Crippen LogP contribution in [0.5, 0.6) is 0 Å². The highest BCUT2D eigenvalue weighted by Crippen LogP contribution is 2.32. The van der Waals surface area contributed by atoms with E-state index >= 15 is 0 Å². The van der Waals surface area contributed by atoms with E-state index in [0.29, 0.717) is 0 Å². The second-order valence-corrected chi connectivity index (χ2v) is 8.32. The fraction of sp³-hybridized carbons (Fsp3) is 0.111. The largest absolute Gasteiger partial charge is 0.358 e. The van der Waals surface area contributed by atoms with Gasteiger partial charge in [-0.25, -0.2) is 4.98 Å². The van der Waals surface area contributed by atoms with Gasteiger partial charge in [-0.1, -0.05) is 43.9 Å². The minimum atomic E-state index is 0.723. The Hall–Kier alpha value is -4.52. The Morgan fingerprint density at radius 1 is 1.15 bits per heavy atom. The molecule has 0 amide bonds. The first-order valence-corrected chi connectivity index (χ1v) is 11.3. The highest BCUT2D eigenvalue weighted by Gasteiger charge is 2.17. The standard InChI is InChI=1S/C27H23N7/c1-3-16(2)30-19-11-18(13-28-14-19)23-12-21-24(15-29-23)33-34-26(21)27-31-22-10-6-9-20(25(22)32-27)17-7-4-5-8-17/h4,6-15,30H,2-3,5H2,1H3,(H,31,32)(H,33,34). The predicted molar refractivity (Wildman–Crippen MR) is 137 cm³/mol. The van der Waals surface area contributed by atoms with Gasteiger partial charge in [0.25, 0.3) is 0 Å². The van der Waals surface area contributed by atoms with E-state index in [-0.39, 0.29) is 0 Å². The van der Waals surface area contributed by atoms with Gasteiger partial charge in [-0.3, -0.25) is 15.1 Å². The zero-order valence-electron chi connectivity index (χ0n) is 18.8. The number of para-hydroxylation sites is 1. The number of hydrogen-bond donors (Lipinski definition) is 3. The number of benzene rings is 1. The number of imidazole rings is 1. The summed E-state index contributed by atoms with van der Waals surface area (Å²) >= 11 is 0. The van der Waals surface area contributed by atoms with Crippen LogP contribution in [0, 0.1) is 0 Å². The summed E-state index contributed by atoms with van der Waals surface area (Å²) in [4.78, 5) is 17.4. The molecule has 34 heavy (non-hydrogen) atoms. The third-order valence-corrected chi connectivity index (χ3v) is 6.05. The first-order valence-electron chi connectivity index (χ1n) is 11.3. The highest BCUT2D eigenvalue weighted by atomic mass is 15.1. The van der Waals surface area contributed by atoms with Crippen molar-refractivity contribution in [3.8, 4) is 22.8 Å². The molecule has 4 aromatic heterocycles. The lowest BCUT2D eigenvalue weighted by molar-refractivity contribution is 1.10.